The van der Waals surface area contributed by atoms with Crippen molar-refractivity contribution in [1.82, 2.24) is 25.3 Å². The van der Waals surface area contributed by atoms with Crippen LogP contribution in [0, 0.1) is 0 Å². The van der Waals surface area contributed by atoms with Gasteiger partial charge in [-0.15, -0.1) is 0 Å². The van der Waals surface area contributed by atoms with E-state index in [1.165, 1.54) is 0 Å². The molecule has 2 rings (SSSR count). The Bertz CT molecular complexity index is 465. The Labute approximate surface area is 124 Å². The zero-order chi connectivity index (χ0) is 14.6. The smallest absolute Gasteiger partial charge is 0.0924 e. The lowest BCUT2D eigenvalue weighted by atomic mass is 10.4. The lowest BCUT2D eigenvalue weighted by Crippen LogP contribution is -2.18. The van der Waals surface area contributed by atoms with Crippen molar-refractivity contribution in [3.63, 3.8) is 0 Å². The van der Waals surface area contributed by atoms with Gasteiger partial charge in [-0.1, -0.05) is 0 Å². The molecule has 0 amide bonds. The molecule has 2 aromatic rings. The van der Waals surface area contributed by atoms with Crippen LogP contribution in [0.3, 0.4) is 0 Å². The number of nitrogens with zero attached hydrogens (tertiary/aromatic N) is 4. The van der Waals surface area contributed by atoms with Gasteiger partial charge in [-0.25, -0.2) is 9.97 Å². The fourth-order valence-electron chi connectivity index (χ4n) is 1.72. The van der Waals surface area contributed by atoms with E-state index in [9.17, 15) is 0 Å². The molecule has 0 saturated heterocycles. The number of aliphatic imine (C=N–C) groups is 2. The molecule has 0 atom stereocenters. The van der Waals surface area contributed by atoms with Gasteiger partial charge in [0.05, 0.1) is 36.4 Å². The van der Waals surface area contributed by atoms with Crippen LogP contribution in [0.4, 0.5) is 0 Å². The number of nitrogens with one attached hydrogen (secondary N) is 3. The first-order chi connectivity index (χ1) is 10.4. The third-order valence-electron chi connectivity index (χ3n) is 2.78. The molecule has 0 aliphatic heterocycles. The number of rotatable bonds is 10. The van der Waals surface area contributed by atoms with Gasteiger partial charge in [-0.2, -0.15) is 0 Å². The molecule has 0 aliphatic carbocycles. The zero-order valence-electron chi connectivity index (χ0n) is 12.0. The maximum absolute atomic E-state index is 4.32. The summed E-state index contributed by atoms with van der Waals surface area (Å²) < 4.78 is 0. The predicted molar refractivity (Wildman–Crippen MR) is 84.2 cm³/mol. The van der Waals surface area contributed by atoms with Crippen molar-refractivity contribution in [3.05, 3.63) is 36.4 Å². The van der Waals surface area contributed by atoms with Crippen molar-refractivity contribution < 1.29 is 0 Å². The number of H-pyrrole nitrogens is 2. The molecule has 0 bridgehead atoms. The van der Waals surface area contributed by atoms with Crippen LogP contribution in [0.15, 0.2) is 35.0 Å². The first kappa shape index (κ1) is 15.1. The minimum Gasteiger partial charge on any atom is -0.344 e. The van der Waals surface area contributed by atoms with E-state index >= 15 is 0 Å². The van der Waals surface area contributed by atoms with Gasteiger partial charge in [-0.3, -0.25) is 9.98 Å². The molecular weight excluding hydrogens is 266 g/mol. The van der Waals surface area contributed by atoms with Gasteiger partial charge in [0.25, 0.3) is 0 Å². The summed E-state index contributed by atoms with van der Waals surface area (Å²) in [5.74, 6) is 0. The Kier molecular flexibility index (Phi) is 6.91. The van der Waals surface area contributed by atoms with Crippen molar-refractivity contribution in [2.75, 3.05) is 26.2 Å². The van der Waals surface area contributed by atoms with Crippen LogP contribution >= 0.6 is 0 Å². The minimum atomic E-state index is 0.823. The second kappa shape index (κ2) is 9.60. The highest BCUT2D eigenvalue weighted by atomic mass is 14.9. The van der Waals surface area contributed by atoms with Crippen molar-refractivity contribution in [3.8, 4) is 0 Å². The molecule has 0 fully saturated rings. The van der Waals surface area contributed by atoms with Crippen molar-refractivity contribution in [2.45, 2.75) is 12.8 Å². The van der Waals surface area contributed by atoms with Gasteiger partial charge in [0.15, 0.2) is 0 Å². The van der Waals surface area contributed by atoms with E-state index in [-0.39, 0.29) is 0 Å². The largest absolute Gasteiger partial charge is 0.344 e. The van der Waals surface area contributed by atoms with E-state index < -0.39 is 0 Å². The third-order valence-corrected chi connectivity index (χ3v) is 2.78. The molecule has 112 valence electrons. The first-order valence-electron chi connectivity index (χ1n) is 7.12. The Morgan fingerprint density at radius 3 is 1.86 bits per heavy atom. The molecule has 0 saturated carbocycles. The van der Waals surface area contributed by atoms with E-state index in [0.29, 0.717) is 0 Å². The highest BCUT2D eigenvalue weighted by Crippen LogP contribution is 1.88. The maximum Gasteiger partial charge on any atom is 0.0924 e. The standard InChI is InChI=1S/C14H21N7/c1(5-16-7-13-9-18-11-20-13)3-15-4-2-6-17-8-14-10-19-12-21-14/h7-12,15H,1-6H2,(H,18,20)(H,19,21). The summed E-state index contributed by atoms with van der Waals surface area (Å²) in [6.07, 6.45) is 12.5. The molecule has 0 radical (unpaired) electrons. The van der Waals surface area contributed by atoms with Crippen LogP contribution in [0.2, 0.25) is 0 Å². The van der Waals surface area contributed by atoms with E-state index in [2.05, 4.69) is 35.2 Å². The lowest BCUT2D eigenvalue weighted by Gasteiger charge is -2.01. The minimum absolute atomic E-state index is 0.823. The molecule has 2 aromatic heterocycles. The zero-order valence-corrected chi connectivity index (χ0v) is 12.0. The Hall–Kier alpha value is -2.28. The van der Waals surface area contributed by atoms with Crippen LogP contribution in [-0.4, -0.2) is 58.5 Å². The average Bonchev–Trinajstić information content (AvgIpc) is 3.18. The summed E-state index contributed by atoms with van der Waals surface area (Å²) in [4.78, 5) is 22.5. The number of hydrogen-bond acceptors (Lipinski definition) is 5. The highest BCUT2D eigenvalue weighted by molar-refractivity contribution is 5.76. The number of aromatic nitrogens is 4. The van der Waals surface area contributed by atoms with Crippen molar-refractivity contribution in [1.29, 1.82) is 0 Å². The molecule has 0 unspecified atom stereocenters. The van der Waals surface area contributed by atoms with Crippen molar-refractivity contribution in [2.24, 2.45) is 9.98 Å². The van der Waals surface area contributed by atoms with Crippen LogP contribution in [0.25, 0.3) is 0 Å². The molecule has 2 heterocycles. The average molecular weight is 287 g/mol. The number of imidazole rings is 2. The Morgan fingerprint density at radius 2 is 1.43 bits per heavy atom. The summed E-state index contributed by atoms with van der Waals surface area (Å²) in [5.41, 5.74) is 1.89. The van der Waals surface area contributed by atoms with Gasteiger partial charge in [0.1, 0.15) is 0 Å². The number of hydrogen-bond donors (Lipinski definition) is 3. The van der Waals surface area contributed by atoms with Gasteiger partial charge >= 0.3 is 0 Å². The quantitative estimate of drug-likeness (QED) is 0.450. The molecular formula is C14H21N7. The topological polar surface area (TPSA) is 94.1 Å². The third kappa shape index (κ3) is 6.62. The summed E-state index contributed by atoms with van der Waals surface area (Å²) in [6.45, 7) is 3.60. The molecule has 7 heteroatoms. The number of aromatic amines is 2. The monoisotopic (exact) mass is 287 g/mol. The fourth-order valence-corrected chi connectivity index (χ4v) is 1.72. The highest BCUT2D eigenvalue weighted by Gasteiger charge is 1.90. The van der Waals surface area contributed by atoms with Gasteiger partial charge in [0, 0.05) is 25.5 Å². The molecule has 0 spiro atoms. The van der Waals surface area contributed by atoms with Crippen LogP contribution in [-0.2, 0) is 0 Å². The van der Waals surface area contributed by atoms with Gasteiger partial charge in [0.2, 0.25) is 0 Å². The Balaban J connectivity index is 1.40. The molecule has 0 aromatic carbocycles. The lowest BCUT2D eigenvalue weighted by molar-refractivity contribution is 0.633. The van der Waals surface area contributed by atoms with E-state index in [1.807, 2.05) is 12.4 Å². The maximum atomic E-state index is 4.32. The van der Waals surface area contributed by atoms with Crippen LogP contribution in [0.1, 0.15) is 24.2 Å². The predicted octanol–water partition coefficient (Wildman–Crippen LogP) is 1.04. The van der Waals surface area contributed by atoms with Crippen molar-refractivity contribution >= 4 is 12.4 Å². The second-order valence-electron chi connectivity index (χ2n) is 4.54. The second-order valence-corrected chi connectivity index (χ2v) is 4.54. The molecule has 0 aliphatic rings. The normalized spacial score (nSPS) is 11.8. The van der Waals surface area contributed by atoms with Crippen LogP contribution < -0.4 is 5.32 Å². The van der Waals surface area contributed by atoms with Gasteiger partial charge < -0.3 is 15.3 Å². The van der Waals surface area contributed by atoms with E-state index in [4.69, 9.17) is 0 Å². The molecule has 3 N–H and O–H groups in total. The van der Waals surface area contributed by atoms with Gasteiger partial charge in [-0.05, 0) is 25.9 Å². The van der Waals surface area contributed by atoms with E-state index in [0.717, 1.165) is 50.4 Å². The van der Waals surface area contributed by atoms with E-state index in [1.54, 1.807) is 25.0 Å². The molecule has 7 nitrogen and oxygen atoms in total. The summed E-state index contributed by atoms with van der Waals surface area (Å²) >= 11 is 0. The molecule has 21 heavy (non-hydrogen) atoms. The van der Waals surface area contributed by atoms with Crippen LogP contribution in [0.5, 0.6) is 0 Å². The Morgan fingerprint density at radius 1 is 0.905 bits per heavy atom. The summed E-state index contributed by atoms with van der Waals surface area (Å²) in [7, 11) is 0. The SMILES string of the molecule is C(=NCCCNCCCN=Cc1cnc[nH]1)c1cnc[nH]1. The fraction of sp³-hybridized carbons (Fsp3) is 0.429. The summed E-state index contributed by atoms with van der Waals surface area (Å²) in [5, 5.41) is 3.38. The first-order valence-corrected chi connectivity index (χ1v) is 7.12. The summed E-state index contributed by atoms with van der Waals surface area (Å²) in [6, 6.07) is 0.